The fourth-order valence-electron chi connectivity index (χ4n) is 4.05. The first-order valence-electron chi connectivity index (χ1n) is 10.4. The number of benzene rings is 2. The summed E-state index contributed by atoms with van der Waals surface area (Å²) in [4.78, 5) is 16.0. The van der Waals surface area contributed by atoms with E-state index in [-0.39, 0.29) is 17.3 Å². The van der Waals surface area contributed by atoms with E-state index in [0.717, 1.165) is 46.5 Å². The summed E-state index contributed by atoms with van der Waals surface area (Å²) in [5.74, 6) is 0.336. The monoisotopic (exact) mass is 441 g/mol. The lowest BCUT2D eigenvalue weighted by Crippen LogP contribution is -2.38. The van der Waals surface area contributed by atoms with Crippen molar-refractivity contribution in [2.24, 2.45) is 0 Å². The Morgan fingerprint density at radius 1 is 1.16 bits per heavy atom. The second-order valence-corrected chi connectivity index (χ2v) is 9.93. The molecule has 0 saturated carbocycles. The number of fused-ring (bicyclic) bond motifs is 3. The molecule has 1 heterocycles. The van der Waals surface area contributed by atoms with Gasteiger partial charge in [-0.25, -0.2) is 8.42 Å². The Labute approximate surface area is 182 Å². The molecule has 2 aromatic carbocycles. The number of rotatable bonds is 7. The van der Waals surface area contributed by atoms with Gasteiger partial charge in [-0.1, -0.05) is 12.1 Å². The van der Waals surface area contributed by atoms with Crippen LogP contribution < -0.4 is 10.1 Å². The van der Waals surface area contributed by atoms with E-state index in [1.807, 2.05) is 30.3 Å². The number of aromatic nitrogens is 1. The Hall–Kier alpha value is -2.84. The van der Waals surface area contributed by atoms with Crippen LogP contribution in [-0.4, -0.2) is 44.3 Å². The van der Waals surface area contributed by atoms with Crippen LogP contribution in [0.15, 0.2) is 47.4 Å². The fourth-order valence-corrected chi connectivity index (χ4v) is 5.21. The molecule has 31 heavy (non-hydrogen) atoms. The SMILES string of the molecule is COc1cccc(CNC(=O)CN(C)S(=O)(=O)c2ccc3[nH]c4c(c3c2)CCCC4)c1. The quantitative estimate of drug-likeness (QED) is 0.590. The van der Waals surface area contributed by atoms with E-state index >= 15 is 0 Å². The van der Waals surface area contributed by atoms with Crippen molar-refractivity contribution in [1.29, 1.82) is 0 Å². The summed E-state index contributed by atoms with van der Waals surface area (Å²) >= 11 is 0. The molecule has 0 radical (unpaired) electrons. The number of nitrogens with one attached hydrogen (secondary N) is 2. The van der Waals surface area contributed by atoms with E-state index in [4.69, 9.17) is 4.74 Å². The predicted molar refractivity (Wildman–Crippen MR) is 120 cm³/mol. The molecule has 0 saturated heterocycles. The molecule has 1 amide bonds. The second kappa shape index (κ2) is 8.72. The van der Waals surface area contributed by atoms with E-state index in [9.17, 15) is 13.2 Å². The molecule has 8 heteroatoms. The van der Waals surface area contributed by atoms with Crippen molar-refractivity contribution in [3.8, 4) is 5.75 Å². The molecule has 1 aliphatic carbocycles. The fraction of sp³-hybridized carbons (Fsp3) is 0.348. The van der Waals surface area contributed by atoms with Crippen LogP contribution in [-0.2, 0) is 34.2 Å². The standard InChI is InChI=1S/C23H27N3O4S/c1-26(15-23(27)24-14-16-6-5-7-17(12-16)30-2)31(28,29)18-10-11-22-20(13-18)19-8-3-4-9-21(19)25-22/h5-7,10-13,25H,3-4,8-9,14-15H2,1-2H3,(H,24,27). The first-order valence-corrected chi connectivity index (χ1v) is 11.8. The summed E-state index contributed by atoms with van der Waals surface area (Å²) < 4.78 is 32.4. The zero-order chi connectivity index (χ0) is 22.0. The summed E-state index contributed by atoms with van der Waals surface area (Å²) in [6.07, 6.45) is 4.23. The van der Waals surface area contributed by atoms with Crippen LogP contribution >= 0.6 is 0 Å². The van der Waals surface area contributed by atoms with Crippen LogP contribution in [0.4, 0.5) is 0 Å². The summed E-state index contributed by atoms with van der Waals surface area (Å²) in [5, 5.41) is 3.73. The highest BCUT2D eigenvalue weighted by atomic mass is 32.2. The number of carbonyl (C=O) groups excluding carboxylic acids is 1. The lowest BCUT2D eigenvalue weighted by molar-refractivity contribution is -0.121. The predicted octanol–water partition coefficient (Wildman–Crippen LogP) is 2.99. The molecule has 3 aromatic rings. The topological polar surface area (TPSA) is 91.5 Å². The minimum absolute atomic E-state index is 0.204. The molecular formula is C23H27N3O4S. The Morgan fingerprint density at radius 2 is 1.97 bits per heavy atom. The molecular weight excluding hydrogens is 414 g/mol. The van der Waals surface area contributed by atoms with Crippen LogP contribution in [0, 0.1) is 0 Å². The molecule has 164 valence electrons. The van der Waals surface area contributed by atoms with Crippen molar-refractivity contribution in [3.63, 3.8) is 0 Å². The number of sulfonamides is 1. The first-order chi connectivity index (χ1) is 14.9. The van der Waals surface area contributed by atoms with E-state index in [1.165, 1.54) is 18.3 Å². The number of nitrogens with zero attached hydrogens (tertiary/aromatic N) is 1. The summed E-state index contributed by atoms with van der Waals surface area (Å²) in [7, 11) is -0.776. The molecule has 1 aromatic heterocycles. The molecule has 0 aliphatic heterocycles. The second-order valence-electron chi connectivity index (χ2n) is 7.89. The first kappa shape index (κ1) is 21.4. The smallest absolute Gasteiger partial charge is 0.243 e. The highest BCUT2D eigenvalue weighted by molar-refractivity contribution is 7.89. The normalized spacial score (nSPS) is 13.9. The van der Waals surface area contributed by atoms with Gasteiger partial charge in [0.25, 0.3) is 0 Å². The molecule has 0 atom stereocenters. The van der Waals surface area contributed by atoms with Gasteiger partial charge in [0.15, 0.2) is 0 Å². The molecule has 4 rings (SSSR count). The van der Waals surface area contributed by atoms with Crippen molar-refractivity contribution < 1.29 is 17.9 Å². The van der Waals surface area contributed by atoms with Crippen molar-refractivity contribution >= 4 is 26.8 Å². The molecule has 0 spiro atoms. The van der Waals surface area contributed by atoms with Crippen LogP contribution in [0.2, 0.25) is 0 Å². The van der Waals surface area contributed by atoms with E-state index in [0.29, 0.717) is 12.3 Å². The van der Waals surface area contributed by atoms with Crippen LogP contribution in [0.5, 0.6) is 5.75 Å². The van der Waals surface area contributed by atoms with Gasteiger partial charge in [-0.15, -0.1) is 0 Å². The number of carbonyl (C=O) groups is 1. The van der Waals surface area contributed by atoms with Gasteiger partial charge in [-0.2, -0.15) is 4.31 Å². The molecule has 2 N–H and O–H groups in total. The van der Waals surface area contributed by atoms with Crippen LogP contribution in [0.3, 0.4) is 0 Å². The molecule has 0 fully saturated rings. The lowest BCUT2D eigenvalue weighted by atomic mass is 9.96. The summed E-state index contributed by atoms with van der Waals surface area (Å²) in [6.45, 7) is 0.0426. The number of hydrogen-bond acceptors (Lipinski definition) is 4. The Balaban J connectivity index is 1.45. The van der Waals surface area contributed by atoms with Gasteiger partial charge in [0, 0.05) is 30.2 Å². The largest absolute Gasteiger partial charge is 0.497 e. The Morgan fingerprint density at radius 3 is 2.77 bits per heavy atom. The maximum absolute atomic E-state index is 13.1. The Bertz CT molecular complexity index is 1220. The van der Waals surface area contributed by atoms with Gasteiger partial charge in [-0.05, 0) is 67.1 Å². The molecule has 7 nitrogen and oxygen atoms in total. The zero-order valence-electron chi connectivity index (χ0n) is 17.8. The van der Waals surface area contributed by atoms with E-state index < -0.39 is 10.0 Å². The third-order valence-corrected chi connectivity index (χ3v) is 7.57. The third kappa shape index (κ3) is 4.45. The Kier molecular flexibility index (Phi) is 6.02. The van der Waals surface area contributed by atoms with Crippen LogP contribution in [0.25, 0.3) is 10.9 Å². The van der Waals surface area contributed by atoms with Gasteiger partial charge >= 0.3 is 0 Å². The number of hydrogen-bond donors (Lipinski definition) is 2. The van der Waals surface area contributed by atoms with Gasteiger partial charge in [0.1, 0.15) is 5.75 Å². The zero-order valence-corrected chi connectivity index (χ0v) is 18.6. The number of likely N-dealkylation sites (N-methyl/N-ethyl adjacent to an activating group) is 1. The maximum Gasteiger partial charge on any atom is 0.243 e. The highest BCUT2D eigenvalue weighted by Gasteiger charge is 2.24. The van der Waals surface area contributed by atoms with Crippen LogP contribution in [0.1, 0.15) is 29.7 Å². The lowest BCUT2D eigenvalue weighted by Gasteiger charge is -2.17. The molecule has 1 aliphatic rings. The average molecular weight is 442 g/mol. The minimum Gasteiger partial charge on any atom is -0.497 e. The number of methoxy groups -OCH3 is 1. The summed E-state index contributed by atoms with van der Waals surface area (Å²) in [6, 6.07) is 12.5. The number of aromatic amines is 1. The van der Waals surface area contributed by atoms with Crippen molar-refractivity contribution in [2.75, 3.05) is 20.7 Å². The van der Waals surface area contributed by atoms with Gasteiger partial charge in [-0.3, -0.25) is 4.79 Å². The molecule has 0 bridgehead atoms. The number of amides is 1. The van der Waals surface area contributed by atoms with Crippen molar-refractivity contribution in [2.45, 2.75) is 37.1 Å². The summed E-state index contributed by atoms with van der Waals surface area (Å²) in [5.41, 5.74) is 4.27. The molecule has 0 unspecified atom stereocenters. The highest BCUT2D eigenvalue weighted by Crippen LogP contribution is 2.31. The van der Waals surface area contributed by atoms with Gasteiger partial charge < -0.3 is 15.0 Å². The number of H-pyrrole nitrogens is 1. The minimum atomic E-state index is -3.78. The van der Waals surface area contributed by atoms with E-state index in [1.54, 1.807) is 19.2 Å². The van der Waals surface area contributed by atoms with E-state index in [2.05, 4.69) is 10.3 Å². The van der Waals surface area contributed by atoms with Crippen molar-refractivity contribution in [3.05, 3.63) is 59.3 Å². The average Bonchev–Trinajstić information content (AvgIpc) is 3.15. The van der Waals surface area contributed by atoms with Crippen molar-refractivity contribution in [1.82, 2.24) is 14.6 Å². The number of aryl methyl sites for hydroxylation is 2. The maximum atomic E-state index is 13.1. The van der Waals surface area contributed by atoms with Gasteiger partial charge in [0.2, 0.25) is 15.9 Å². The third-order valence-electron chi connectivity index (χ3n) is 5.77. The van der Waals surface area contributed by atoms with Gasteiger partial charge in [0.05, 0.1) is 18.6 Å². The number of ether oxygens (including phenoxy) is 1.